The number of carbonyl (C=O) groups is 1. The number of carbonyl (C=O) groups excluding carboxylic acids is 1. The molecule has 2 aromatic rings. The van der Waals surface area contributed by atoms with E-state index in [0.29, 0.717) is 18.1 Å². The number of amides is 1. The molecule has 1 aromatic carbocycles. The fourth-order valence-corrected chi connectivity index (χ4v) is 2.78. The molecule has 2 heterocycles. The Morgan fingerprint density at radius 2 is 2.20 bits per heavy atom. The molecule has 0 spiro atoms. The minimum Gasteiger partial charge on any atom is -0.486 e. The maximum absolute atomic E-state index is 12.1. The highest BCUT2D eigenvalue weighted by atomic mass is 79.9. The van der Waals surface area contributed by atoms with Gasteiger partial charge in [-0.05, 0) is 43.3 Å². The van der Waals surface area contributed by atoms with Gasteiger partial charge in [0.25, 0.3) is 5.91 Å². The van der Waals surface area contributed by atoms with Crippen molar-refractivity contribution in [1.29, 1.82) is 0 Å². The van der Waals surface area contributed by atoms with E-state index in [9.17, 15) is 4.79 Å². The summed E-state index contributed by atoms with van der Waals surface area (Å²) in [7, 11) is 0. The minimum atomic E-state index is -0.205. The van der Waals surface area contributed by atoms with E-state index in [2.05, 4.69) is 32.6 Å². The maximum Gasteiger partial charge on any atom is 0.287 e. The summed E-state index contributed by atoms with van der Waals surface area (Å²) >= 11 is 3.40. The molecular weight excluding hydrogens is 408 g/mol. The number of ether oxygens (including phenoxy) is 1. The SMILES string of the molecule is Cl.O=C(NCC1=CCNCC1)c1ccc(COc2cccc(Br)c2)o1. The highest BCUT2D eigenvalue weighted by Crippen LogP contribution is 2.19. The molecule has 1 aliphatic rings. The van der Waals surface area contributed by atoms with Crippen molar-refractivity contribution in [3.63, 3.8) is 0 Å². The maximum atomic E-state index is 12.1. The van der Waals surface area contributed by atoms with Crippen molar-refractivity contribution in [2.24, 2.45) is 0 Å². The van der Waals surface area contributed by atoms with E-state index in [-0.39, 0.29) is 24.9 Å². The largest absolute Gasteiger partial charge is 0.486 e. The highest BCUT2D eigenvalue weighted by molar-refractivity contribution is 9.10. The van der Waals surface area contributed by atoms with Gasteiger partial charge in [0, 0.05) is 17.6 Å². The molecule has 0 unspecified atom stereocenters. The third-order valence-corrected chi connectivity index (χ3v) is 4.19. The first-order valence-corrected chi connectivity index (χ1v) is 8.64. The zero-order valence-electron chi connectivity index (χ0n) is 13.6. The van der Waals surface area contributed by atoms with E-state index >= 15 is 0 Å². The quantitative estimate of drug-likeness (QED) is 0.690. The van der Waals surface area contributed by atoms with E-state index in [1.165, 1.54) is 5.57 Å². The first kappa shape index (κ1) is 19.6. The lowest BCUT2D eigenvalue weighted by Gasteiger charge is -2.14. The number of hydrogen-bond donors (Lipinski definition) is 2. The third-order valence-electron chi connectivity index (χ3n) is 3.70. The minimum absolute atomic E-state index is 0. The van der Waals surface area contributed by atoms with Crippen molar-refractivity contribution < 1.29 is 13.9 Å². The summed E-state index contributed by atoms with van der Waals surface area (Å²) in [6.07, 6.45) is 3.08. The van der Waals surface area contributed by atoms with E-state index in [0.717, 1.165) is 29.7 Å². The lowest BCUT2D eigenvalue weighted by Crippen LogP contribution is -2.29. The highest BCUT2D eigenvalue weighted by Gasteiger charge is 2.12. The summed E-state index contributed by atoms with van der Waals surface area (Å²) in [5.74, 6) is 1.45. The number of rotatable bonds is 6. The second-order valence-corrected chi connectivity index (χ2v) is 6.43. The van der Waals surface area contributed by atoms with Gasteiger partial charge < -0.3 is 19.8 Å². The van der Waals surface area contributed by atoms with Gasteiger partial charge in [-0.25, -0.2) is 0 Å². The topological polar surface area (TPSA) is 63.5 Å². The van der Waals surface area contributed by atoms with Gasteiger partial charge in [-0.1, -0.05) is 33.6 Å². The average Bonchev–Trinajstić information content (AvgIpc) is 3.08. The number of hydrogen-bond acceptors (Lipinski definition) is 4. The number of nitrogens with one attached hydrogen (secondary N) is 2. The van der Waals surface area contributed by atoms with Gasteiger partial charge >= 0.3 is 0 Å². The van der Waals surface area contributed by atoms with Crippen LogP contribution in [0.5, 0.6) is 5.75 Å². The van der Waals surface area contributed by atoms with Crippen LogP contribution in [0.3, 0.4) is 0 Å². The van der Waals surface area contributed by atoms with Crippen LogP contribution in [0.15, 0.2) is 56.9 Å². The molecule has 5 nitrogen and oxygen atoms in total. The Hall–Kier alpha value is -1.76. The Morgan fingerprint density at radius 1 is 1.32 bits per heavy atom. The molecule has 0 saturated carbocycles. The number of furan rings is 1. The lowest BCUT2D eigenvalue weighted by atomic mass is 10.1. The molecule has 3 rings (SSSR count). The van der Waals surface area contributed by atoms with Crippen LogP contribution < -0.4 is 15.4 Å². The molecule has 134 valence electrons. The van der Waals surface area contributed by atoms with Crippen molar-refractivity contribution in [3.8, 4) is 5.75 Å². The second-order valence-electron chi connectivity index (χ2n) is 5.51. The van der Waals surface area contributed by atoms with Crippen molar-refractivity contribution >= 4 is 34.2 Å². The average molecular weight is 428 g/mol. The smallest absolute Gasteiger partial charge is 0.287 e. The molecule has 2 N–H and O–H groups in total. The summed E-state index contributed by atoms with van der Waals surface area (Å²) in [4.78, 5) is 12.1. The van der Waals surface area contributed by atoms with E-state index in [1.807, 2.05) is 24.3 Å². The Kier molecular flexibility index (Phi) is 7.55. The molecular formula is C18H20BrClN2O3. The van der Waals surface area contributed by atoms with Crippen molar-refractivity contribution in [2.45, 2.75) is 13.0 Å². The van der Waals surface area contributed by atoms with Crippen LogP contribution >= 0.6 is 28.3 Å². The first-order valence-electron chi connectivity index (χ1n) is 7.84. The van der Waals surface area contributed by atoms with Gasteiger partial charge in [0.2, 0.25) is 0 Å². The van der Waals surface area contributed by atoms with Gasteiger partial charge in [-0.3, -0.25) is 4.79 Å². The zero-order valence-corrected chi connectivity index (χ0v) is 16.0. The van der Waals surface area contributed by atoms with E-state index in [1.54, 1.807) is 12.1 Å². The van der Waals surface area contributed by atoms with Crippen LogP contribution in [0.25, 0.3) is 0 Å². The third kappa shape index (κ3) is 5.92. The van der Waals surface area contributed by atoms with Crippen molar-refractivity contribution in [2.75, 3.05) is 19.6 Å². The fourth-order valence-electron chi connectivity index (χ4n) is 2.40. The standard InChI is InChI=1S/C18H19BrN2O3.ClH/c19-14-2-1-3-15(10-14)23-12-16-4-5-17(24-16)18(22)21-11-13-6-8-20-9-7-13;/h1-6,10,20H,7-9,11-12H2,(H,21,22);1H. The van der Waals surface area contributed by atoms with Gasteiger partial charge in [0.15, 0.2) is 5.76 Å². The van der Waals surface area contributed by atoms with E-state index < -0.39 is 0 Å². The van der Waals surface area contributed by atoms with Gasteiger partial charge in [-0.15, -0.1) is 12.4 Å². The molecule has 0 fully saturated rings. The first-order chi connectivity index (χ1) is 11.7. The molecule has 0 atom stereocenters. The molecule has 7 heteroatoms. The monoisotopic (exact) mass is 426 g/mol. The summed E-state index contributed by atoms with van der Waals surface area (Å²) < 4.78 is 12.2. The fraction of sp³-hybridized carbons (Fsp3) is 0.278. The Balaban J connectivity index is 0.00000225. The zero-order chi connectivity index (χ0) is 16.8. The lowest BCUT2D eigenvalue weighted by molar-refractivity contribution is 0.0925. The molecule has 1 aliphatic heterocycles. The predicted molar refractivity (Wildman–Crippen MR) is 102 cm³/mol. The summed E-state index contributed by atoms with van der Waals surface area (Å²) in [6.45, 7) is 2.66. The van der Waals surface area contributed by atoms with Crippen LogP contribution in [0.2, 0.25) is 0 Å². The molecule has 0 bridgehead atoms. The van der Waals surface area contributed by atoms with Gasteiger partial charge in [-0.2, -0.15) is 0 Å². The van der Waals surface area contributed by atoms with E-state index in [4.69, 9.17) is 9.15 Å². The molecule has 25 heavy (non-hydrogen) atoms. The van der Waals surface area contributed by atoms with Gasteiger partial charge in [0.1, 0.15) is 18.1 Å². The van der Waals surface area contributed by atoms with Crippen molar-refractivity contribution in [3.05, 3.63) is 64.0 Å². The van der Waals surface area contributed by atoms with Crippen molar-refractivity contribution in [1.82, 2.24) is 10.6 Å². The van der Waals surface area contributed by atoms with Crippen LogP contribution in [0, 0.1) is 0 Å². The molecule has 1 amide bonds. The number of benzene rings is 1. The Labute approximate surface area is 161 Å². The van der Waals surface area contributed by atoms with Crippen LogP contribution in [-0.2, 0) is 6.61 Å². The van der Waals surface area contributed by atoms with Crippen LogP contribution in [0.4, 0.5) is 0 Å². The van der Waals surface area contributed by atoms with Crippen LogP contribution in [-0.4, -0.2) is 25.5 Å². The Bertz CT molecular complexity index is 745. The van der Waals surface area contributed by atoms with Crippen LogP contribution in [0.1, 0.15) is 22.7 Å². The summed E-state index contributed by atoms with van der Waals surface area (Å²) in [5, 5.41) is 6.13. The number of halogens is 2. The summed E-state index contributed by atoms with van der Waals surface area (Å²) in [6, 6.07) is 11.0. The molecule has 0 radical (unpaired) electrons. The predicted octanol–water partition coefficient (Wildman–Crippen LogP) is 3.69. The molecule has 0 aliphatic carbocycles. The summed E-state index contributed by atoms with van der Waals surface area (Å²) in [5.41, 5.74) is 1.24. The normalized spacial score (nSPS) is 13.6. The Morgan fingerprint density at radius 3 is 2.96 bits per heavy atom. The molecule has 1 aromatic heterocycles. The second kappa shape index (κ2) is 9.65. The van der Waals surface area contributed by atoms with Gasteiger partial charge in [0.05, 0.1) is 0 Å². The molecule has 0 saturated heterocycles.